The summed E-state index contributed by atoms with van der Waals surface area (Å²) in [6.45, 7) is 1.96. The molecule has 1 aromatic carbocycles. The standard InChI is InChI=1S/C16H17NO3.Na.H/c1-3-7-12-15(16(19)20)14(18)10-13(17(12)2)11-8-5-4-6-9-11;;/h4-6,8-10H,3,7H2,1-2H3,(H,19,20);;/q;+1;-1. The molecule has 21 heavy (non-hydrogen) atoms. The maximum Gasteiger partial charge on any atom is 1.00 e. The Labute approximate surface area is 147 Å². The summed E-state index contributed by atoms with van der Waals surface area (Å²) < 4.78 is 1.81. The van der Waals surface area contributed by atoms with E-state index in [1.54, 1.807) is 7.05 Å². The Morgan fingerprint density at radius 2 is 1.90 bits per heavy atom. The summed E-state index contributed by atoms with van der Waals surface area (Å²) in [5.74, 6) is -1.16. The number of carboxylic acids is 1. The summed E-state index contributed by atoms with van der Waals surface area (Å²) in [6, 6.07) is 10.9. The number of aromatic nitrogens is 1. The number of benzene rings is 1. The van der Waals surface area contributed by atoms with Gasteiger partial charge in [-0.2, -0.15) is 0 Å². The van der Waals surface area contributed by atoms with Crippen LogP contribution in [0.4, 0.5) is 0 Å². The molecule has 0 spiro atoms. The quantitative estimate of drug-likeness (QED) is 0.796. The molecule has 0 amide bonds. The van der Waals surface area contributed by atoms with Gasteiger partial charge >= 0.3 is 35.5 Å². The maximum atomic E-state index is 12.1. The van der Waals surface area contributed by atoms with Crippen LogP contribution in [0, 0.1) is 0 Å². The fourth-order valence-electron chi connectivity index (χ4n) is 2.39. The van der Waals surface area contributed by atoms with E-state index in [1.165, 1.54) is 6.07 Å². The second kappa shape index (κ2) is 7.59. The summed E-state index contributed by atoms with van der Waals surface area (Å²) in [4.78, 5) is 23.4. The van der Waals surface area contributed by atoms with Gasteiger partial charge in [0, 0.05) is 18.8 Å². The minimum Gasteiger partial charge on any atom is -1.00 e. The second-order valence-electron chi connectivity index (χ2n) is 4.70. The molecular formula is C16H18NNaO3. The van der Waals surface area contributed by atoms with Crippen molar-refractivity contribution in [2.24, 2.45) is 7.05 Å². The predicted octanol–water partition coefficient (Wildman–Crippen LogP) is -0.180. The third-order valence-electron chi connectivity index (χ3n) is 3.34. The van der Waals surface area contributed by atoms with E-state index in [2.05, 4.69) is 0 Å². The zero-order chi connectivity index (χ0) is 14.7. The summed E-state index contributed by atoms with van der Waals surface area (Å²) in [5.41, 5.74) is 1.67. The van der Waals surface area contributed by atoms with Gasteiger partial charge in [-0.15, -0.1) is 0 Å². The van der Waals surface area contributed by atoms with E-state index in [0.717, 1.165) is 17.7 Å². The zero-order valence-corrected chi connectivity index (χ0v) is 14.6. The first-order valence-electron chi connectivity index (χ1n) is 6.57. The molecule has 1 heterocycles. The minimum atomic E-state index is -1.16. The topological polar surface area (TPSA) is 59.3 Å². The number of carbonyl (C=O) groups is 1. The molecule has 0 fully saturated rings. The first-order chi connectivity index (χ1) is 9.56. The predicted molar refractivity (Wildman–Crippen MR) is 79.2 cm³/mol. The van der Waals surface area contributed by atoms with Crippen LogP contribution in [0.25, 0.3) is 11.3 Å². The van der Waals surface area contributed by atoms with E-state index in [9.17, 15) is 14.7 Å². The normalized spacial score (nSPS) is 10.0. The van der Waals surface area contributed by atoms with E-state index >= 15 is 0 Å². The molecule has 2 rings (SSSR count). The van der Waals surface area contributed by atoms with Crippen molar-refractivity contribution in [1.29, 1.82) is 0 Å². The Balaban J connectivity index is 0.00000220. The molecule has 0 unspecified atom stereocenters. The molecule has 0 atom stereocenters. The Morgan fingerprint density at radius 1 is 1.29 bits per heavy atom. The molecule has 0 aliphatic rings. The van der Waals surface area contributed by atoms with Gasteiger partial charge in [0.15, 0.2) is 5.43 Å². The number of carboxylic acid groups (broad SMARTS) is 1. The molecule has 0 bridgehead atoms. The van der Waals surface area contributed by atoms with Gasteiger partial charge in [-0.25, -0.2) is 4.79 Å². The SMILES string of the molecule is CCCc1c(C(=O)O)c(=O)cc(-c2ccccc2)n1C.[H-].[Na+]. The number of hydrogen-bond acceptors (Lipinski definition) is 2. The first kappa shape index (κ1) is 17.7. The van der Waals surface area contributed by atoms with Crippen LogP contribution < -0.4 is 35.0 Å². The maximum absolute atomic E-state index is 12.1. The summed E-state index contributed by atoms with van der Waals surface area (Å²) in [7, 11) is 1.80. The van der Waals surface area contributed by atoms with Crippen LogP contribution in [0.5, 0.6) is 0 Å². The van der Waals surface area contributed by atoms with E-state index in [4.69, 9.17) is 0 Å². The van der Waals surface area contributed by atoms with Crippen molar-refractivity contribution in [2.45, 2.75) is 19.8 Å². The van der Waals surface area contributed by atoms with E-state index < -0.39 is 11.4 Å². The second-order valence-corrected chi connectivity index (χ2v) is 4.70. The number of hydrogen-bond donors (Lipinski definition) is 1. The third kappa shape index (κ3) is 3.64. The molecule has 0 saturated heterocycles. The van der Waals surface area contributed by atoms with Crippen LogP contribution in [0.3, 0.4) is 0 Å². The van der Waals surface area contributed by atoms with Crippen LogP contribution in [-0.4, -0.2) is 15.6 Å². The van der Waals surface area contributed by atoms with Gasteiger partial charge in [0.1, 0.15) is 5.56 Å². The monoisotopic (exact) mass is 295 g/mol. The van der Waals surface area contributed by atoms with Gasteiger partial charge in [-0.05, 0) is 12.0 Å². The van der Waals surface area contributed by atoms with Crippen molar-refractivity contribution in [3.05, 3.63) is 57.9 Å². The fourth-order valence-corrected chi connectivity index (χ4v) is 2.39. The fraction of sp³-hybridized carbons (Fsp3) is 0.250. The Kier molecular flexibility index (Phi) is 6.40. The van der Waals surface area contributed by atoms with Gasteiger partial charge in [0.2, 0.25) is 0 Å². The molecule has 106 valence electrons. The zero-order valence-electron chi connectivity index (χ0n) is 13.6. The molecule has 1 N–H and O–H groups in total. The molecule has 2 aromatic rings. The van der Waals surface area contributed by atoms with E-state index in [0.29, 0.717) is 12.1 Å². The van der Waals surface area contributed by atoms with E-state index in [-0.39, 0.29) is 36.5 Å². The molecule has 0 saturated carbocycles. The van der Waals surface area contributed by atoms with Crippen LogP contribution in [-0.2, 0) is 13.5 Å². The average molecular weight is 295 g/mol. The number of nitrogens with zero attached hydrogens (tertiary/aromatic N) is 1. The summed E-state index contributed by atoms with van der Waals surface area (Å²) >= 11 is 0. The first-order valence-corrected chi connectivity index (χ1v) is 6.57. The van der Waals surface area contributed by atoms with Crippen LogP contribution in [0.15, 0.2) is 41.2 Å². The van der Waals surface area contributed by atoms with Gasteiger partial charge in [-0.3, -0.25) is 4.79 Å². The van der Waals surface area contributed by atoms with Crippen molar-refractivity contribution >= 4 is 5.97 Å². The van der Waals surface area contributed by atoms with Crippen molar-refractivity contribution in [3.63, 3.8) is 0 Å². The average Bonchev–Trinajstić information content (AvgIpc) is 2.43. The van der Waals surface area contributed by atoms with Crippen LogP contribution >= 0.6 is 0 Å². The van der Waals surface area contributed by atoms with Crippen LogP contribution in [0.1, 0.15) is 30.8 Å². The van der Waals surface area contributed by atoms with Gasteiger partial charge in [-0.1, -0.05) is 43.7 Å². The van der Waals surface area contributed by atoms with Crippen molar-refractivity contribution < 1.29 is 40.9 Å². The molecule has 0 radical (unpaired) electrons. The molecule has 4 nitrogen and oxygen atoms in total. The smallest absolute Gasteiger partial charge is 1.00 e. The largest absolute Gasteiger partial charge is 1.00 e. The van der Waals surface area contributed by atoms with Crippen molar-refractivity contribution in [2.75, 3.05) is 0 Å². The Morgan fingerprint density at radius 3 is 2.43 bits per heavy atom. The van der Waals surface area contributed by atoms with Crippen molar-refractivity contribution in [3.8, 4) is 11.3 Å². The van der Waals surface area contributed by atoms with Gasteiger partial charge < -0.3 is 11.1 Å². The Bertz CT molecular complexity index is 699. The summed E-state index contributed by atoms with van der Waals surface area (Å²) in [6.07, 6.45) is 1.35. The molecule has 5 heteroatoms. The summed E-state index contributed by atoms with van der Waals surface area (Å²) in [5, 5.41) is 9.25. The van der Waals surface area contributed by atoms with Gasteiger partial charge in [0.25, 0.3) is 0 Å². The third-order valence-corrected chi connectivity index (χ3v) is 3.34. The molecule has 0 aliphatic heterocycles. The number of pyridine rings is 1. The minimum absolute atomic E-state index is 0. The number of aromatic carboxylic acids is 1. The molecular weight excluding hydrogens is 277 g/mol. The molecule has 1 aromatic heterocycles. The van der Waals surface area contributed by atoms with Gasteiger partial charge in [0.05, 0.1) is 5.69 Å². The van der Waals surface area contributed by atoms with Crippen molar-refractivity contribution in [1.82, 2.24) is 4.57 Å². The van der Waals surface area contributed by atoms with Crippen LogP contribution in [0.2, 0.25) is 0 Å². The van der Waals surface area contributed by atoms with E-state index in [1.807, 2.05) is 41.8 Å². The number of rotatable bonds is 4. The molecule has 0 aliphatic carbocycles. The Hall–Kier alpha value is -1.36.